The second-order valence-electron chi connectivity index (χ2n) is 7.49. The highest BCUT2D eigenvalue weighted by atomic mass is 16.2. The molecule has 2 aromatic heterocycles. The number of hydrogen-bond donors (Lipinski definition) is 2. The lowest BCUT2D eigenvalue weighted by Gasteiger charge is -2.23. The van der Waals surface area contributed by atoms with Crippen molar-refractivity contribution in [3.05, 3.63) is 29.8 Å². The molecular formula is C16H24N6O. The van der Waals surface area contributed by atoms with Crippen LogP contribution >= 0.6 is 0 Å². The Bertz CT molecular complexity index is 721. The maximum absolute atomic E-state index is 12.4. The van der Waals surface area contributed by atoms with Crippen LogP contribution in [0.1, 0.15) is 57.7 Å². The zero-order valence-electron chi connectivity index (χ0n) is 14.5. The van der Waals surface area contributed by atoms with Crippen LogP contribution < -0.4 is 11.1 Å². The fourth-order valence-corrected chi connectivity index (χ4v) is 2.05. The third-order valence-electron chi connectivity index (χ3n) is 3.30. The highest BCUT2D eigenvalue weighted by Crippen LogP contribution is 2.28. The molecule has 1 amide bonds. The Hall–Kier alpha value is -2.44. The number of nitrogen functional groups attached to an aromatic ring is 1. The van der Waals surface area contributed by atoms with Gasteiger partial charge in [0.25, 0.3) is 5.91 Å². The third kappa shape index (κ3) is 3.67. The molecule has 124 valence electrons. The number of rotatable bonds is 2. The molecule has 0 spiro atoms. The van der Waals surface area contributed by atoms with Crippen molar-refractivity contribution >= 4 is 17.5 Å². The number of nitrogens with two attached hydrogens (primary N) is 1. The van der Waals surface area contributed by atoms with Crippen molar-refractivity contribution < 1.29 is 4.79 Å². The fraction of sp³-hybridized carbons (Fsp3) is 0.500. The molecule has 0 atom stereocenters. The van der Waals surface area contributed by atoms with Gasteiger partial charge >= 0.3 is 0 Å². The largest absolute Gasteiger partial charge is 0.382 e. The molecule has 0 radical (unpaired) electrons. The molecule has 2 rings (SSSR count). The average Bonchev–Trinajstić information content (AvgIpc) is 2.83. The molecule has 0 bridgehead atoms. The minimum absolute atomic E-state index is 0.0999. The van der Waals surface area contributed by atoms with Gasteiger partial charge in [-0.25, -0.2) is 14.6 Å². The van der Waals surface area contributed by atoms with Crippen molar-refractivity contribution in [3.63, 3.8) is 0 Å². The van der Waals surface area contributed by atoms with Gasteiger partial charge in [-0.1, -0.05) is 20.8 Å². The van der Waals surface area contributed by atoms with Crippen molar-refractivity contribution in [3.8, 4) is 0 Å². The Morgan fingerprint density at radius 3 is 2.26 bits per heavy atom. The molecule has 0 aliphatic heterocycles. The van der Waals surface area contributed by atoms with E-state index in [9.17, 15) is 4.79 Å². The van der Waals surface area contributed by atoms with Crippen molar-refractivity contribution in [2.75, 3.05) is 11.1 Å². The molecular weight excluding hydrogens is 292 g/mol. The van der Waals surface area contributed by atoms with Gasteiger partial charge in [-0.2, -0.15) is 5.10 Å². The maximum atomic E-state index is 12.4. The summed E-state index contributed by atoms with van der Waals surface area (Å²) in [5.74, 6) is 0.307. The van der Waals surface area contributed by atoms with Crippen LogP contribution in [0.25, 0.3) is 0 Å². The van der Waals surface area contributed by atoms with Crippen LogP contribution in [0.2, 0.25) is 0 Å². The molecule has 0 saturated heterocycles. The van der Waals surface area contributed by atoms with E-state index in [2.05, 4.69) is 41.2 Å². The normalized spacial score (nSPS) is 12.3. The van der Waals surface area contributed by atoms with Crippen LogP contribution in [-0.4, -0.2) is 25.7 Å². The Morgan fingerprint density at radius 1 is 1.13 bits per heavy atom. The monoisotopic (exact) mass is 316 g/mol. The van der Waals surface area contributed by atoms with Gasteiger partial charge in [0.1, 0.15) is 5.82 Å². The van der Waals surface area contributed by atoms with Gasteiger partial charge in [-0.15, -0.1) is 0 Å². The Labute approximate surface area is 136 Å². The van der Waals surface area contributed by atoms with E-state index in [1.165, 1.54) is 12.4 Å². The first kappa shape index (κ1) is 16.9. The molecule has 2 heterocycles. The average molecular weight is 316 g/mol. The number of anilines is 2. The van der Waals surface area contributed by atoms with Gasteiger partial charge < -0.3 is 11.1 Å². The molecule has 0 aromatic carbocycles. The number of nitrogens with zero attached hydrogens (tertiary/aromatic N) is 4. The van der Waals surface area contributed by atoms with Gasteiger partial charge in [-0.05, 0) is 20.8 Å². The summed E-state index contributed by atoms with van der Waals surface area (Å²) in [5, 5.41) is 7.50. The molecule has 7 heteroatoms. The predicted molar refractivity (Wildman–Crippen MR) is 90.3 cm³/mol. The number of hydrogen-bond acceptors (Lipinski definition) is 5. The van der Waals surface area contributed by atoms with E-state index in [4.69, 9.17) is 5.73 Å². The van der Waals surface area contributed by atoms with E-state index in [1.807, 2.05) is 26.8 Å². The van der Waals surface area contributed by atoms with Gasteiger partial charge in [0.2, 0.25) is 0 Å². The number of amides is 1. The number of aromatic nitrogens is 4. The van der Waals surface area contributed by atoms with Crippen molar-refractivity contribution in [1.29, 1.82) is 0 Å². The highest BCUT2D eigenvalue weighted by Gasteiger charge is 2.26. The Balaban J connectivity index is 2.41. The molecule has 0 fully saturated rings. The molecule has 0 aliphatic carbocycles. The summed E-state index contributed by atoms with van der Waals surface area (Å²) >= 11 is 0. The van der Waals surface area contributed by atoms with E-state index >= 15 is 0 Å². The van der Waals surface area contributed by atoms with Crippen LogP contribution in [0.4, 0.5) is 11.6 Å². The molecule has 7 nitrogen and oxygen atoms in total. The van der Waals surface area contributed by atoms with Crippen molar-refractivity contribution in [2.45, 2.75) is 52.5 Å². The Morgan fingerprint density at radius 2 is 1.74 bits per heavy atom. The van der Waals surface area contributed by atoms with Gasteiger partial charge in [0.05, 0.1) is 11.2 Å². The zero-order chi connectivity index (χ0) is 17.4. The first-order chi connectivity index (χ1) is 10.5. The lowest BCUT2D eigenvalue weighted by atomic mass is 9.92. The summed E-state index contributed by atoms with van der Waals surface area (Å²) in [7, 11) is 0. The van der Waals surface area contributed by atoms with Gasteiger partial charge in [0, 0.05) is 23.9 Å². The summed E-state index contributed by atoms with van der Waals surface area (Å²) in [6.07, 6.45) is 2.89. The quantitative estimate of drug-likeness (QED) is 0.887. The van der Waals surface area contributed by atoms with E-state index < -0.39 is 5.91 Å². The van der Waals surface area contributed by atoms with Crippen LogP contribution in [0.5, 0.6) is 0 Å². The maximum Gasteiger partial charge on any atom is 0.279 e. The number of carbonyl (C=O) groups is 1. The van der Waals surface area contributed by atoms with Crippen LogP contribution in [-0.2, 0) is 11.0 Å². The fourth-order valence-electron chi connectivity index (χ4n) is 2.05. The molecule has 23 heavy (non-hydrogen) atoms. The minimum Gasteiger partial charge on any atom is -0.382 e. The summed E-state index contributed by atoms with van der Waals surface area (Å²) in [5.41, 5.74) is 6.32. The first-order valence-corrected chi connectivity index (χ1v) is 7.49. The van der Waals surface area contributed by atoms with Crippen LogP contribution in [0.15, 0.2) is 18.5 Å². The molecule has 0 saturated carbocycles. The zero-order valence-corrected chi connectivity index (χ0v) is 14.5. The SMILES string of the molecule is CC(C)(C)c1cc(NC(=O)c2nccnc2N)n(C(C)(C)C)n1. The van der Waals surface area contributed by atoms with Crippen LogP contribution in [0, 0.1) is 0 Å². The van der Waals surface area contributed by atoms with Crippen molar-refractivity contribution in [2.24, 2.45) is 0 Å². The second-order valence-corrected chi connectivity index (χ2v) is 7.49. The molecule has 3 N–H and O–H groups in total. The van der Waals surface area contributed by atoms with E-state index in [0.29, 0.717) is 5.82 Å². The standard InChI is InChI=1S/C16H24N6O/c1-15(2,3)10-9-11(22(21-10)16(4,5)6)20-14(23)12-13(17)19-8-7-18-12/h7-9H,1-6H3,(H2,17,19)(H,20,23). The molecule has 0 unspecified atom stereocenters. The Kier molecular flexibility index (Phi) is 4.15. The predicted octanol–water partition coefficient (Wildman–Crippen LogP) is 2.56. The lowest BCUT2D eigenvalue weighted by Crippen LogP contribution is -2.27. The smallest absolute Gasteiger partial charge is 0.279 e. The summed E-state index contributed by atoms with van der Waals surface area (Å²) < 4.78 is 1.80. The van der Waals surface area contributed by atoms with Crippen LogP contribution in [0.3, 0.4) is 0 Å². The number of nitrogens with one attached hydrogen (secondary N) is 1. The van der Waals surface area contributed by atoms with E-state index in [1.54, 1.807) is 4.68 Å². The topological polar surface area (TPSA) is 98.7 Å². The summed E-state index contributed by atoms with van der Waals surface area (Å²) in [4.78, 5) is 20.3. The van der Waals surface area contributed by atoms with E-state index in [0.717, 1.165) is 5.69 Å². The summed E-state index contributed by atoms with van der Waals surface area (Å²) in [6.45, 7) is 12.3. The minimum atomic E-state index is -0.401. The van der Waals surface area contributed by atoms with Gasteiger partial charge in [-0.3, -0.25) is 4.79 Å². The molecule has 0 aliphatic rings. The third-order valence-corrected chi connectivity index (χ3v) is 3.30. The number of carbonyl (C=O) groups excluding carboxylic acids is 1. The molecule has 2 aromatic rings. The van der Waals surface area contributed by atoms with E-state index in [-0.39, 0.29) is 22.5 Å². The first-order valence-electron chi connectivity index (χ1n) is 7.49. The highest BCUT2D eigenvalue weighted by molar-refractivity contribution is 6.05. The van der Waals surface area contributed by atoms with Gasteiger partial charge in [0.15, 0.2) is 11.5 Å². The van der Waals surface area contributed by atoms with Crippen molar-refractivity contribution in [1.82, 2.24) is 19.7 Å². The summed E-state index contributed by atoms with van der Waals surface area (Å²) in [6, 6.07) is 1.88. The lowest BCUT2D eigenvalue weighted by molar-refractivity contribution is 0.102. The second kappa shape index (κ2) is 5.64.